The lowest BCUT2D eigenvalue weighted by Gasteiger charge is -2.32. The molecule has 2 amide bonds. The lowest BCUT2D eigenvalue weighted by Crippen LogP contribution is -2.39. The van der Waals surface area contributed by atoms with Crippen molar-refractivity contribution in [2.75, 3.05) is 37.7 Å². The summed E-state index contributed by atoms with van der Waals surface area (Å²) in [5.41, 5.74) is 1.20. The third-order valence-electron chi connectivity index (χ3n) is 5.47. The van der Waals surface area contributed by atoms with Gasteiger partial charge >= 0.3 is 12.1 Å². The molecule has 0 aromatic carbocycles. The summed E-state index contributed by atoms with van der Waals surface area (Å²) in [5, 5.41) is 1.08. The van der Waals surface area contributed by atoms with E-state index in [0.717, 1.165) is 20.9 Å². The Kier molecular flexibility index (Phi) is 5.35. The molecule has 0 unspecified atom stereocenters. The number of cyclic esters (lactones) is 1. The quantitative estimate of drug-likeness (QED) is 0.695. The molecule has 9 nitrogen and oxygen atoms in total. The number of aromatic nitrogens is 2. The number of esters is 1. The van der Waals surface area contributed by atoms with Crippen LogP contribution in [0.5, 0.6) is 0 Å². The zero-order valence-electron chi connectivity index (χ0n) is 16.3. The third-order valence-corrected chi connectivity index (χ3v) is 6.59. The molecule has 2 aromatic rings. The Bertz CT molecular complexity index is 967. The highest BCUT2D eigenvalue weighted by molar-refractivity contribution is 7.18. The summed E-state index contributed by atoms with van der Waals surface area (Å²) in [7, 11) is 0. The number of hydrogen-bond acceptors (Lipinski definition) is 9. The van der Waals surface area contributed by atoms with Crippen molar-refractivity contribution in [3.8, 4) is 0 Å². The summed E-state index contributed by atoms with van der Waals surface area (Å²) in [5.74, 6) is -0.315. The molecule has 0 spiro atoms. The van der Waals surface area contributed by atoms with E-state index in [2.05, 4.69) is 28.7 Å². The summed E-state index contributed by atoms with van der Waals surface area (Å²) >= 11 is 1.66. The second-order valence-electron chi connectivity index (χ2n) is 7.19. The maximum Gasteiger partial charge on any atom is 0.416 e. The van der Waals surface area contributed by atoms with Crippen molar-refractivity contribution in [3.63, 3.8) is 0 Å². The van der Waals surface area contributed by atoms with E-state index in [-0.39, 0.29) is 19.1 Å². The fourth-order valence-corrected chi connectivity index (χ4v) is 4.67. The van der Waals surface area contributed by atoms with Gasteiger partial charge in [0.15, 0.2) is 6.61 Å². The Balaban J connectivity index is 1.34. The summed E-state index contributed by atoms with van der Waals surface area (Å²) in [6.07, 6.45) is 2.14. The number of thiophene rings is 1. The van der Waals surface area contributed by atoms with Crippen LogP contribution in [-0.4, -0.2) is 65.7 Å². The van der Waals surface area contributed by atoms with E-state index >= 15 is 0 Å². The molecule has 4 heterocycles. The average Bonchev–Trinajstić information content (AvgIpc) is 3.29. The van der Waals surface area contributed by atoms with Crippen molar-refractivity contribution < 1.29 is 23.9 Å². The normalized spacial score (nSPS) is 17.7. The van der Waals surface area contributed by atoms with Crippen molar-refractivity contribution in [1.82, 2.24) is 14.9 Å². The zero-order valence-corrected chi connectivity index (χ0v) is 17.2. The summed E-state index contributed by atoms with van der Waals surface area (Å²) in [6.45, 7) is 5.45. The van der Waals surface area contributed by atoms with E-state index in [1.807, 2.05) is 0 Å². The number of carbonyl (C=O) groups excluding carboxylic acids is 3. The lowest BCUT2D eigenvalue weighted by molar-refractivity contribution is -0.155. The molecule has 0 atom stereocenters. The van der Waals surface area contributed by atoms with E-state index in [0.29, 0.717) is 25.9 Å². The monoisotopic (exact) mass is 418 g/mol. The van der Waals surface area contributed by atoms with E-state index in [1.54, 1.807) is 17.7 Å². The predicted octanol–water partition coefficient (Wildman–Crippen LogP) is 2.05. The number of imide groups is 1. The van der Waals surface area contributed by atoms with Crippen molar-refractivity contribution in [2.45, 2.75) is 26.7 Å². The van der Waals surface area contributed by atoms with Crippen molar-refractivity contribution in [1.29, 1.82) is 0 Å². The van der Waals surface area contributed by atoms with Crippen LogP contribution in [0.2, 0.25) is 0 Å². The molecule has 2 aromatic heterocycles. The number of fused-ring (bicyclic) bond motifs is 1. The second kappa shape index (κ2) is 7.94. The number of anilines is 1. The van der Waals surface area contributed by atoms with E-state index in [1.165, 1.54) is 10.4 Å². The predicted molar refractivity (Wildman–Crippen MR) is 106 cm³/mol. The summed E-state index contributed by atoms with van der Waals surface area (Å²) in [4.78, 5) is 49.9. The minimum atomic E-state index is -0.686. The first-order valence-corrected chi connectivity index (χ1v) is 10.4. The van der Waals surface area contributed by atoms with Crippen molar-refractivity contribution in [2.24, 2.45) is 5.92 Å². The summed E-state index contributed by atoms with van der Waals surface area (Å²) < 4.78 is 9.87. The van der Waals surface area contributed by atoms with Gasteiger partial charge in [-0.05, 0) is 32.3 Å². The molecular weight excluding hydrogens is 396 g/mol. The number of carbonyl (C=O) groups is 3. The van der Waals surface area contributed by atoms with Crippen LogP contribution in [0.25, 0.3) is 10.2 Å². The Morgan fingerprint density at radius 3 is 2.69 bits per heavy atom. The molecule has 29 heavy (non-hydrogen) atoms. The van der Waals surface area contributed by atoms with Gasteiger partial charge in [0, 0.05) is 18.0 Å². The molecule has 0 N–H and O–H groups in total. The van der Waals surface area contributed by atoms with Crippen LogP contribution in [-0.2, 0) is 19.1 Å². The molecule has 0 bridgehead atoms. The smallest absolute Gasteiger partial charge is 0.416 e. The molecule has 10 heteroatoms. The molecule has 2 fully saturated rings. The van der Waals surface area contributed by atoms with Gasteiger partial charge in [0.1, 0.15) is 23.6 Å². The largest absolute Gasteiger partial charge is 0.455 e. The van der Waals surface area contributed by atoms with Crippen LogP contribution < -0.4 is 4.90 Å². The Morgan fingerprint density at radius 1 is 1.24 bits per heavy atom. The third kappa shape index (κ3) is 3.76. The van der Waals surface area contributed by atoms with Gasteiger partial charge in [-0.1, -0.05) is 0 Å². The number of nitrogens with zero attached hydrogens (tertiary/aromatic N) is 4. The minimum Gasteiger partial charge on any atom is -0.455 e. The van der Waals surface area contributed by atoms with E-state index in [9.17, 15) is 14.4 Å². The zero-order chi connectivity index (χ0) is 20.5. The minimum absolute atomic E-state index is 0.177. The van der Waals surface area contributed by atoms with Crippen LogP contribution in [0.1, 0.15) is 23.3 Å². The molecule has 2 aliphatic rings. The number of aryl methyl sites for hydroxylation is 2. The first-order chi connectivity index (χ1) is 14.0. The number of hydrogen-bond donors (Lipinski definition) is 0. The van der Waals surface area contributed by atoms with Gasteiger partial charge in [-0.3, -0.25) is 9.59 Å². The van der Waals surface area contributed by atoms with E-state index in [4.69, 9.17) is 9.47 Å². The van der Waals surface area contributed by atoms with Gasteiger partial charge in [0.2, 0.25) is 0 Å². The first kappa shape index (κ1) is 19.6. The van der Waals surface area contributed by atoms with Crippen LogP contribution in [0, 0.1) is 19.8 Å². The lowest BCUT2D eigenvalue weighted by atomic mass is 9.97. The second-order valence-corrected chi connectivity index (χ2v) is 8.39. The molecule has 0 aliphatic carbocycles. The molecule has 0 radical (unpaired) electrons. The number of rotatable bonds is 4. The van der Waals surface area contributed by atoms with Crippen LogP contribution >= 0.6 is 11.3 Å². The number of piperidine rings is 1. The molecule has 2 saturated heterocycles. The van der Waals surface area contributed by atoms with Gasteiger partial charge in [-0.2, -0.15) is 0 Å². The van der Waals surface area contributed by atoms with Crippen molar-refractivity contribution >= 4 is 45.3 Å². The number of amides is 2. The van der Waals surface area contributed by atoms with Crippen LogP contribution in [0.15, 0.2) is 6.33 Å². The highest BCUT2D eigenvalue weighted by atomic mass is 32.1. The Morgan fingerprint density at radius 2 is 2.00 bits per heavy atom. The average molecular weight is 418 g/mol. The SMILES string of the molecule is Cc1sc2ncnc(N3CCC(C(=O)OCC(=O)N4CCOC4=O)CC3)c2c1C. The van der Waals surface area contributed by atoms with Gasteiger partial charge in [-0.25, -0.2) is 19.7 Å². The molecule has 4 rings (SSSR count). The van der Waals surface area contributed by atoms with E-state index < -0.39 is 24.6 Å². The molecule has 0 saturated carbocycles. The molecular formula is C19H22N4O5S. The van der Waals surface area contributed by atoms with Crippen LogP contribution in [0.4, 0.5) is 10.6 Å². The Hall–Kier alpha value is -2.75. The van der Waals surface area contributed by atoms with Gasteiger partial charge in [0.25, 0.3) is 5.91 Å². The fraction of sp³-hybridized carbons (Fsp3) is 0.526. The van der Waals surface area contributed by atoms with Gasteiger partial charge < -0.3 is 14.4 Å². The Labute approximate surface area is 171 Å². The summed E-state index contributed by atoms with van der Waals surface area (Å²) in [6, 6.07) is 0. The molecule has 154 valence electrons. The van der Waals surface area contributed by atoms with Gasteiger partial charge in [0.05, 0.1) is 17.8 Å². The van der Waals surface area contributed by atoms with Crippen LogP contribution in [0.3, 0.4) is 0 Å². The highest BCUT2D eigenvalue weighted by Crippen LogP contribution is 2.35. The topological polar surface area (TPSA) is 102 Å². The maximum atomic E-state index is 12.4. The standard InChI is InChI=1S/C19H22N4O5S/c1-11-12(2)29-17-15(11)16(20-10-21-17)22-5-3-13(4-6-22)18(25)28-9-14(24)23-7-8-27-19(23)26/h10,13H,3-9H2,1-2H3. The molecule has 2 aliphatic heterocycles. The highest BCUT2D eigenvalue weighted by Gasteiger charge is 2.31. The maximum absolute atomic E-state index is 12.4. The first-order valence-electron chi connectivity index (χ1n) is 9.55. The van der Waals surface area contributed by atoms with Gasteiger partial charge in [-0.15, -0.1) is 11.3 Å². The number of ether oxygens (including phenoxy) is 2. The van der Waals surface area contributed by atoms with Crippen molar-refractivity contribution in [3.05, 3.63) is 16.8 Å². The fourth-order valence-electron chi connectivity index (χ4n) is 3.68.